The van der Waals surface area contributed by atoms with Gasteiger partial charge in [0.25, 0.3) is 0 Å². The van der Waals surface area contributed by atoms with E-state index in [1.807, 2.05) is 64.1 Å². The number of fused-ring (bicyclic) bond motifs is 4. The third kappa shape index (κ3) is 3.03. The van der Waals surface area contributed by atoms with Gasteiger partial charge in [0.05, 0.1) is 7.11 Å². The topological polar surface area (TPSA) is 103 Å². The summed E-state index contributed by atoms with van der Waals surface area (Å²) in [6.45, 7) is 7.92. The molecule has 2 aromatic carbocycles. The molecule has 1 aromatic heterocycles. The van der Waals surface area contributed by atoms with Crippen molar-refractivity contribution in [3.05, 3.63) is 76.5 Å². The zero-order valence-corrected chi connectivity index (χ0v) is 21.0. The molecule has 6 rings (SSSR count). The van der Waals surface area contributed by atoms with E-state index in [0.29, 0.717) is 17.9 Å². The van der Waals surface area contributed by atoms with Crippen LogP contribution in [0.4, 0.5) is 5.69 Å². The van der Waals surface area contributed by atoms with E-state index in [-0.39, 0.29) is 23.4 Å². The Hall–Kier alpha value is -3.81. The first kappa shape index (κ1) is 22.6. The van der Waals surface area contributed by atoms with Crippen LogP contribution in [-0.4, -0.2) is 30.2 Å². The normalized spacial score (nSPS) is 25.9. The van der Waals surface area contributed by atoms with E-state index in [1.165, 1.54) is 7.11 Å². The van der Waals surface area contributed by atoms with Gasteiger partial charge in [0.2, 0.25) is 11.8 Å². The molecule has 0 radical (unpaired) electrons. The first-order valence-corrected chi connectivity index (χ1v) is 12.2. The molecule has 2 N–H and O–H groups in total. The number of esters is 1. The van der Waals surface area contributed by atoms with Gasteiger partial charge >= 0.3 is 5.97 Å². The summed E-state index contributed by atoms with van der Waals surface area (Å²) in [6.07, 6.45) is 0.00887. The monoisotopic (exact) mass is 487 g/mol. The zero-order valence-electron chi connectivity index (χ0n) is 21.0. The Morgan fingerprint density at radius 3 is 2.67 bits per heavy atom. The molecular formula is C28H29N3O5. The lowest BCUT2D eigenvalue weighted by Crippen LogP contribution is -2.41. The van der Waals surface area contributed by atoms with E-state index < -0.39 is 29.1 Å². The molecule has 1 spiro atoms. The summed E-state index contributed by atoms with van der Waals surface area (Å²) >= 11 is 0. The van der Waals surface area contributed by atoms with Crippen LogP contribution in [0, 0.1) is 11.3 Å². The molecule has 4 atom stereocenters. The smallest absolute Gasteiger partial charge is 0.360 e. The van der Waals surface area contributed by atoms with Crippen molar-refractivity contribution in [2.75, 3.05) is 12.4 Å². The lowest BCUT2D eigenvalue weighted by atomic mass is 9.72. The first-order valence-electron chi connectivity index (χ1n) is 12.2. The van der Waals surface area contributed by atoms with E-state index in [1.54, 1.807) is 0 Å². The molecule has 3 aliphatic rings. The number of carbonyl (C=O) groups is 2. The fourth-order valence-corrected chi connectivity index (χ4v) is 5.70. The highest BCUT2D eigenvalue weighted by Crippen LogP contribution is 2.58. The van der Waals surface area contributed by atoms with Crippen LogP contribution in [-0.2, 0) is 21.4 Å². The van der Waals surface area contributed by atoms with Crippen molar-refractivity contribution in [2.24, 2.45) is 11.3 Å². The highest BCUT2D eigenvalue weighted by atomic mass is 16.5. The number of hydrogen-bond acceptors (Lipinski definition) is 7. The quantitative estimate of drug-likeness (QED) is 0.493. The minimum Gasteiger partial charge on any atom is -0.469 e. The second-order valence-electron chi connectivity index (χ2n) is 11.0. The fourth-order valence-electron chi connectivity index (χ4n) is 5.70. The third-order valence-electron chi connectivity index (χ3n) is 7.52. The molecule has 186 valence electrons. The van der Waals surface area contributed by atoms with Crippen LogP contribution >= 0.6 is 0 Å². The molecule has 3 aromatic rings. The van der Waals surface area contributed by atoms with Crippen LogP contribution in [0.5, 0.6) is 5.75 Å². The van der Waals surface area contributed by atoms with Crippen molar-refractivity contribution in [3.8, 4) is 5.75 Å². The Kier molecular flexibility index (Phi) is 4.78. The SMILES string of the molecule is COC(=O)c1nc2oc1[C@@]13c4ccccc4N[C@@H]1Oc1ccc(cc13)C[C@H](C)C(=O)N[C@H]2C(C)(C)C. The molecule has 0 unspecified atom stereocenters. The summed E-state index contributed by atoms with van der Waals surface area (Å²) in [5, 5.41) is 6.62. The molecule has 3 aliphatic heterocycles. The van der Waals surface area contributed by atoms with Gasteiger partial charge in [0.1, 0.15) is 17.2 Å². The summed E-state index contributed by atoms with van der Waals surface area (Å²) in [5.41, 5.74) is 2.37. The Morgan fingerprint density at radius 2 is 1.92 bits per heavy atom. The number of nitrogens with one attached hydrogen (secondary N) is 2. The van der Waals surface area contributed by atoms with E-state index in [9.17, 15) is 9.59 Å². The lowest BCUT2D eigenvalue weighted by Gasteiger charge is -2.31. The molecule has 0 aliphatic carbocycles. The zero-order chi connectivity index (χ0) is 25.4. The maximum absolute atomic E-state index is 13.3. The van der Waals surface area contributed by atoms with Gasteiger partial charge in [-0.2, -0.15) is 0 Å². The number of oxazole rings is 1. The van der Waals surface area contributed by atoms with Gasteiger partial charge in [-0.25, -0.2) is 9.78 Å². The van der Waals surface area contributed by atoms with Crippen molar-refractivity contribution in [2.45, 2.75) is 51.8 Å². The van der Waals surface area contributed by atoms with Crippen molar-refractivity contribution >= 4 is 17.6 Å². The van der Waals surface area contributed by atoms with Crippen LogP contribution in [0.2, 0.25) is 0 Å². The van der Waals surface area contributed by atoms with Crippen molar-refractivity contribution in [3.63, 3.8) is 0 Å². The van der Waals surface area contributed by atoms with Gasteiger partial charge in [0.15, 0.2) is 17.7 Å². The predicted molar refractivity (Wildman–Crippen MR) is 132 cm³/mol. The number of carbonyl (C=O) groups excluding carboxylic acids is 2. The summed E-state index contributed by atoms with van der Waals surface area (Å²) in [5.74, 6) is 0.309. The largest absolute Gasteiger partial charge is 0.469 e. The number of benzene rings is 2. The number of para-hydroxylation sites is 1. The first-order chi connectivity index (χ1) is 17.1. The molecule has 8 nitrogen and oxygen atoms in total. The Labute approximate surface area is 209 Å². The second kappa shape index (κ2) is 7.59. The number of amides is 1. The van der Waals surface area contributed by atoms with E-state index in [2.05, 4.69) is 21.7 Å². The molecule has 1 amide bonds. The Balaban J connectivity index is 1.72. The Morgan fingerprint density at radius 1 is 1.14 bits per heavy atom. The number of rotatable bonds is 1. The van der Waals surface area contributed by atoms with E-state index in [0.717, 1.165) is 22.4 Å². The number of methoxy groups -OCH3 is 1. The maximum Gasteiger partial charge on any atom is 0.360 e. The number of hydrogen-bond donors (Lipinski definition) is 2. The van der Waals surface area contributed by atoms with Gasteiger partial charge in [-0.3, -0.25) is 4.79 Å². The highest BCUT2D eigenvalue weighted by Gasteiger charge is 2.61. The molecule has 8 heteroatoms. The van der Waals surface area contributed by atoms with Crippen LogP contribution in [0.1, 0.15) is 72.6 Å². The summed E-state index contributed by atoms with van der Waals surface area (Å²) in [4.78, 5) is 31.1. The molecule has 0 saturated carbocycles. The molecule has 0 fully saturated rings. The number of anilines is 1. The summed E-state index contributed by atoms with van der Waals surface area (Å²) in [7, 11) is 1.33. The highest BCUT2D eigenvalue weighted by molar-refractivity contribution is 5.90. The molecule has 0 saturated heterocycles. The summed E-state index contributed by atoms with van der Waals surface area (Å²) < 4.78 is 18.2. The van der Waals surface area contributed by atoms with E-state index in [4.69, 9.17) is 13.9 Å². The predicted octanol–water partition coefficient (Wildman–Crippen LogP) is 4.34. The summed E-state index contributed by atoms with van der Waals surface area (Å²) in [6, 6.07) is 13.3. The number of ether oxygens (including phenoxy) is 2. The number of nitrogens with zero attached hydrogens (tertiary/aromatic N) is 1. The van der Waals surface area contributed by atoms with Gasteiger partial charge in [-0.05, 0) is 35.1 Å². The fraction of sp³-hybridized carbons (Fsp3) is 0.393. The van der Waals surface area contributed by atoms with E-state index >= 15 is 0 Å². The third-order valence-corrected chi connectivity index (χ3v) is 7.52. The maximum atomic E-state index is 13.3. The van der Waals surface area contributed by atoms with Crippen LogP contribution in [0.3, 0.4) is 0 Å². The molecule has 36 heavy (non-hydrogen) atoms. The molecular weight excluding hydrogens is 458 g/mol. The van der Waals surface area contributed by atoms with Crippen LogP contribution in [0.25, 0.3) is 0 Å². The Bertz CT molecular complexity index is 1400. The van der Waals surface area contributed by atoms with Crippen molar-refractivity contribution < 1.29 is 23.5 Å². The molecule has 4 bridgehead atoms. The lowest BCUT2D eigenvalue weighted by molar-refractivity contribution is -0.126. The van der Waals surface area contributed by atoms with Gasteiger partial charge < -0.3 is 24.5 Å². The van der Waals surface area contributed by atoms with Gasteiger partial charge in [0, 0.05) is 17.2 Å². The van der Waals surface area contributed by atoms with Crippen molar-refractivity contribution in [1.29, 1.82) is 0 Å². The second-order valence-corrected chi connectivity index (χ2v) is 11.0. The average Bonchev–Trinajstić information content (AvgIpc) is 3.49. The minimum atomic E-state index is -0.967. The van der Waals surface area contributed by atoms with Gasteiger partial charge in [-0.15, -0.1) is 0 Å². The standard InChI is InChI=1S/C28H29N3O5/c1-14-12-15-10-11-19-17(13-15)28(16-8-6-7-9-18(16)29-26(28)35-19)22-20(25(33)34-5)30-24(36-22)21(27(2,3)4)31-23(14)32/h6-11,13-14,21,26,29H,12H2,1-5H3,(H,31,32)/t14-,21+,26+,28-/m0/s1. The van der Waals surface area contributed by atoms with Gasteiger partial charge in [-0.1, -0.05) is 58.0 Å². The molecule has 4 heterocycles. The van der Waals surface area contributed by atoms with Crippen LogP contribution in [0.15, 0.2) is 46.9 Å². The number of aromatic nitrogens is 1. The van der Waals surface area contributed by atoms with Crippen molar-refractivity contribution in [1.82, 2.24) is 10.3 Å². The minimum absolute atomic E-state index is 0.0775. The average molecular weight is 488 g/mol. The van der Waals surface area contributed by atoms with Crippen LogP contribution < -0.4 is 15.4 Å².